The maximum Gasteiger partial charge on any atom is 0.258 e. The van der Waals surface area contributed by atoms with Crippen LogP contribution in [0.3, 0.4) is 0 Å². The van der Waals surface area contributed by atoms with E-state index in [1.165, 1.54) is 0 Å². The molecule has 0 unspecified atom stereocenters. The summed E-state index contributed by atoms with van der Waals surface area (Å²) < 4.78 is 6.18. The molecule has 1 aliphatic heterocycles. The number of nitrogens with zero attached hydrogens (tertiary/aromatic N) is 1. The minimum Gasteiger partial charge on any atom is -0.497 e. The van der Waals surface area contributed by atoms with Crippen LogP contribution in [-0.2, 0) is 4.79 Å². The molecule has 0 spiro atoms. The van der Waals surface area contributed by atoms with E-state index in [1.54, 1.807) is 19.1 Å². The van der Waals surface area contributed by atoms with Gasteiger partial charge in [-0.1, -0.05) is 28.1 Å². The maximum atomic E-state index is 12.4. The number of hydrogen-bond acceptors (Lipinski definition) is 2. The fourth-order valence-corrected chi connectivity index (χ4v) is 2.82. The lowest BCUT2D eigenvalue weighted by atomic mass is 10.0. The molecule has 0 atom stereocenters. The first-order valence-electron chi connectivity index (χ1n) is 6.54. The van der Waals surface area contributed by atoms with Gasteiger partial charge in [-0.15, -0.1) is 0 Å². The van der Waals surface area contributed by atoms with Crippen molar-refractivity contribution in [1.82, 2.24) is 0 Å². The van der Waals surface area contributed by atoms with Gasteiger partial charge in [0.1, 0.15) is 5.75 Å². The van der Waals surface area contributed by atoms with E-state index >= 15 is 0 Å². The SMILES string of the molecule is COc1cccc(/C=C2/C(=O)N(C)c3ccc(Br)cc32)c1. The van der Waals surface area contributed by atoms with Gasteiger partial charge < -0.3 is 9.64 Å². The van der Waals surface area contributed by atoms with Gasteiger partial charge in [0.2, 0.25) is 0 Å². The Morgan fingerprint density at radius 1 is 1.19 bits per heavy atom. The summed E-state index contributed by atoms with van der Waals surface area (Å²) in [6.45, 7) is 0. The third kappa shape index (κ3) is 2.47. The highest BCUT2D eigenvalue weighted by Crippen LogP contribution is 2.38. The van der Waals surface area contributed by atoms with Gasteiger partial charge >= 0.3 is 0 Å². The molecule has 0 bridgehead atoms. The zero-order chi connectivity index (χ0) is 15.0. The molecule has 0 aromatic heterocycles. The number of methoxy groups -OCH3 is 1. The Bertz CT molecular complexity index is 752. The number of fused-ring (bicyclic) bond motifs is 1. The quantitative estimate of drug-likeness (QED) is 0.772. The van der Waals surface area contributed by atoms with Gasteiger partial charge in [-0.05, 0) is 42.0 Å². The highest BCUT2D eigenvalue weighted by Gasteiger charge is 2.29. The summed E-state index contributed by atoms with van der Waals surface area (Å²) >= 11 is 3.46. The number of ether oxygens (including phenoxy) is 1. The number of hydrogen-bond donors (Lipinski definition) is 0. The first kappa shape index (κ1) is 13.9. The molecule has 4 heteroatoms. The largest absolute Gasteiger partial charge is 0.497 e. The Balaban J connectivity index is 2.12. The lowest BCUT2D eigenvalue weighted by molar-refractivity contribution is -0.112. The molecule has 2 aromatic carbocycles. The first-order valence-corrected chi connectivity index (χ1v) is 7.33. The highest BCUT2D eigenvalue weighted by atomic mass is 79.9. The number of benzene rings is 2. The molecule has 0 saturated heterocycles. The van der Waals surface area contributed by atoms with Gasteiger partial charge in [-0.25, -0.2) is 0 Å². The second kappa shape index (κ2) is 5.37. The van der Waals surface area contributed by atoms with Crippen molar-refractivity contribution in [3.8, 4) is 5.75 Å². The molecule has 0 N–H and O–H groups in total. The lowest BCUT2D eigenvalue weighted by Crippen LogP contribution is -2.20. The smallest absolute Gasteiger partial charge is 0.258 e. The summed E-state index contributed by atoms with van der Waals surface area (Å²) in [6, 6.07) is 13.5. The Labute approximate surface area is 132 Å². The zero-order valence-electron chi connectivity index (χ0n) is 11.8. The molecule has 21 heavy (non-hydrogen) atoms. The normalized spacial score (nSPS) is 15.5. The molecule has 106 valence electrons. The monoisotopic (exact) mass is 343 g/mol. The van der Waals surface area contributed by atoms with Crippen LogP contribution < -0.4 is 9.64 Å². The molecule has 1 amide bonds. The van der Waals surface area contributed by atoms with E-state index in [0.29, 0.717) is 5.57 Å². The lowest BCUT2D eigenvalue weighted by Gasteiger charge is -2.08. The van der Waals surface area contributed by atoms with Crippen molar-refractivity contribution in [3.05, 3.63) is 58.1 Å². The van der Waals surface area contributed by atoms with Crippen LogP contribution in [0.5, 0.6) is 5.75 Å². The number of rotatable bonds is 2. The second-order valence-corrected chi connectivity index (χ2v) is 5.78. The minimum atomic E-state index is 0.00548. The number of likely N-dealkylation sites (N-methyl/N-ethyl adjacent to an activating group) is 1. The third-order valence-electron chi connectivity index (χ3n) is 3.55. The van der Waals surface area contributed by atoms with Crippen LogP contribution in [0.15, 0.2) is 46.9 Å². The summed E-state index contributed by atoms with van der Waals surface area (Å²) in [5.74, 6) is 0.781. The van der Waals surface area contributed by atoms with Crippen LogP contribution >= 0.6 is 15.9 Å². The molecule has 0 fully saturated rings. The van der Waals surface area contributed by atoms with E-state index in [1.807, 2.05) is 48.5 Å². The van der Waals surface area contributed by atoms with Gasteiger partial charge in [0.15, 0.2) is 0 Å². The first-order chi connectivity index (χ1) is 10.1. The van der Waals surface area contributed by atoms with Crippen molar-refractivity contribution in [2.75, 3.05) is 19.1 Å². The van der Waals surface area contributed by atoms with E-state index in [9.17, 15) is 4.79 Å². The highest BCUT2D eigenvalue weighted by molar-refractivity contribution is 9.10. The van der Waals surface area contributed by atoms with E-state index in [4.69, 9.17) is 4.74 Å². The number of halogens is 1. The average Bonchev–Trinajstić information content (AvgIpc) is 2.72. The van der Waals surface area contributed by atoms with Gasteiger partial charge in [-0.3, -0.25) is 4.79 Å². The van der Waals surface area contributed by atoms with Crippen LogP contribution in [0.2, 0.25) is 0 Å². The number of carbonyl (C=O) groups excluding carboxylic acids is 1. The number of amides is 1. The number of anilines is 1. The summed E-state index contributed by atoms with van der Waals surface area (Å²) in [5, 5.41) is 0. The summed E-state index contributed by atoms with van der Waals surface area (Å²) in [7, 11) is 3.43. The molecule has 0 aliphatic carbocycles. The van der Waals surface area contributed by atoms with Crippen LogP contribution in [-0.4, -0.2) is 20.1 Å². The summed E-state index contributed by atoms with van der Waals surface area (Å²) in [6.07, 6.45) is 1.90. The van der Waals surface area contributed by atoms with Crippen molar-refractivity contribution in [2.45, 2.75) is 0 Å². The van der Waals surface area contributed by atoms with E-state index in [0.717, 1.165) is 27.0 Å². The predicted octanol–water partition coefficient (Wildman–Crippen LogP) is 3.97. The average molecular weight is 344 g/mol. The van der Waals surface area contributed by atoms with Crippen molar-refractivity contribution < 1.29 is 9.53 Å². The molecular weight excluding hydrogens is 330 g/mol. The standard InChI is InChI=1S/C17H14BrNO2/c1-19-16-7-6-12(18)10-14(16)15(17(19)20)9-11-4-3-5-13(8-11)21-2/h3-10H,1-2H3/b15-9+. The molecule has 0 saturated carbocycles. The minimum absolute atomic E-state index is 0.00548. The zero-order valence-corrected chi connectivity index (χ0v) is 13.3. The van der Waals surface area contributed by atoms with Crippen molar-refractivity contribution in [2.24, 2.45) is 0 Å². The Morgan fingerprint density at radius 3 is 2.76 bits per heavy atom. The van der Waals surface area contributed by atoms with Crippen molar-refractivity contribution in [1.29, 1.82) is 0 Å². The predicted molar refractivity (Wildman–Crippen MR) is 88.4 cm³/mol. The van der Waals surface area contributed by atoms with E-state index in [-0.39, 0.29) is 5.91 Å². The molecule has 3 nitrogen and oxygen atoms in total. The van der Waals surface area contributed by atoms with Crippen LogP contribution in [0.4, 0.5) is 5.69 Å². The molecule has 1 aliphatic rings. The third-order valence-corrected chi connectivity index (χ3v) is 4.04. The van der Waals surface area contributed by atoms with Crippen molar-refractivity contribution >= 4 is 39.2 Å². The Morgan fingerprint density at radius 2 is 2.00 bits per heavy atom. The molecular formula is C17H14BrNO2. The molecule has 1 heterocycles. The van der Waals surface area contributed by atoms with E-state index < -0.39 is 0 Å². The number of carbonyl (C=O) groups is 1. The fraction of sp³-hybridized carbons (Fsp3) is 0.118. The van der Waals surface area contributed by atoms with Gasteiger partial charge in [-0.2, -0.15) is 0 Å². The molecule has 0 radical (unpaired) electrons. The van der Waals surface area contributed by atoms with Crippen LogP contribution in [0, 0.1) is 0 Å². The van der Waals surface area contributed by atoms with Crippen LogP contribution in [0.1, 0.15) is 11.1 Å². The van der Waals surface area contributed by atoms with Gasteiger partial charge in [0.25, 0.3) is 5.91 Å². The Kier molecular flexibility index (Phi) is 3.55. The molecule has 3 rings (SSSR count). The summed E-state index contributed by atoms with van der Waals surface area (Å²) in [5.41, 5.74) is 3.51. The maximum absolute atomic E-state index is 12.4. The second-order valence-electron chi connectivity index (χ2n) is 4.86. The van der Waals surface area contributed by atoms with E-state index in [2.05, 4.69) is 15.9 Å². The topological polar surface area (TPSA) is 29.5 Å². The summed E-state index contributed by atoms with van der Waals surface area (Å²) in [4.78, 5) is 14.1. The van der Waals surface area contributed by atoms with Crippen LogP contribution in [0.25, 0.3) is 11.6 Å². The Hall–Kier alpha value is -2.07. The van der Waals surface area contributed by atoms with Crippen molar-refractivity contribution in [3.63, 3.8) is 0 Å². The van der Waals surface area contributed by atoms with Gasteiger partial charge in [0.05, 0.1) is 12.8 Å². The molecule has 2 aromatic rings. The van der Waals surface area contributed by atoms with Gasteiger partial charge in [0, 0.05) is 22.7 Å². The fourth-order valence-electron chi connectivity index (χ4n) is 2.46.